The smallest absolute Gasteiger partial charge is 0.143 e. The minimum Gasteiger partial charge on any atom is -0.456 e. The van der Waals surface area contributed by atoms with Gasteiger partial charge in [-0.15, -0.1) is 11.3 Å². The molecule has 0 N–H and O–H groups in total. The molecule has 4 heteroatoms. The Labute approximate surface area is 391 Å². The molecule has 3 nitrogen and oxygen atoms in total. The third kappa shape index (κ3) is 5.70. The number of anilines is 3. The van der Waals surface area contributed by atoms with Crippen LogP contribution in [0.1, 0.15) is 25.0 Å². The zero-order chi connectivity index (χ0) is 44.4. The van der Waals surface area contributed by atoms with Crippen molar-refractivity contribution in [3.63, 3.8) is 0 Å². The molecule has 0 spiro atoms. The maximum Gasteiger partial charge on any atom is 0.143 e. The van der Waals surface area contributed by atoms with Crippen LogP contribution in [0.5, 0.6) is 0 Å². The summed E-state index contributed by atoms with van der Waals surface area (Å²) in [5, 5.41) is 6.87. The van der Waals surface area contributed by atoms with Crippen LogP contribution in [0.3, 0.4) is 0 Å². The second kappa shape index (κ2) is 14.4. The Bertz CT molecular complexity index is 4110. The fourth-order valence-electron chi connectivity index (χ4n) is 11.1. The molecule has 14 rings (SSSR count). The fourth-order valence-corrected chi connectivity index (χ4v) is 12.3. The van der Waals surface area contributed by atoms with E-state index < -0.39 is 0 Å². The van der Waals surface area contributed by atoms with E-state index in [0.29, 0.717) is 0 Å². The summed E-state index contributed by atoms with van der Waals surface area (Å²) in [6, 6.07) is 77.1. The van der Waals surface area contributed by atoms with Crippen LogP contribution in [0.25, 0.3) is 109 Å². The summed E-state index contributed by atoms with van der Waals surface area (Å²) in [6.45, 7) is 4.70. The molecule has 0 radical (unpaired) electrons. The standard InChI is InChI=1S/C63H41NO2S/c1-63(2)52-20-9-6-15-44(52)45-32-31-43(37-53(45)63)64(41-27-23-39(24-28-41)38-13-4-3-5-14-38)42-29-25-40(26-30-42)58-47(49-19-12-18-48-46-16-8-11-22-57(46)67-62(48)49)33-34-51-60-56(66-61(51)58)36-35-55-59(60)50-17-7-10-21-54(50)65-55/h3-37H,1-2H3. The van der Waals surface area contributed by atoms with Gasteiger partial charge in [0.1, 0.15) is 22.3 Å². The predicted octanol–water partition coefficient (Wildman–Crippen LogP) is 18.6. The SMILES string of the molecule is CC1(C)c2ccccc2-c2ccc(N(c3ccc(-c4ccccc4)cc3)c3ccc(-c4c(-c5cccc6c5sc5ccccc56)ccc5c4oc4ccc6oc7ccccc7c6c45)cc3)cc21. The number of nitrogens with zero attached hydrogens (tertiary/aromatic N) is 1. The molecule has 0 saturated heterocycles. The van der Waals surface area contributed by atoms with Crippen molar-refractivity contribution in [3.05, 3.63) is 223 Å². The van der Waals surface area contributed by atoms with Gasteiger partial charge < -0.3 is 13.7 Å². The first-order valence-electron chi connectivity index (χ1n) is 23.0. The van der Waals surface area contributed by atoms with Crippen molar-refractivity contribution in [1.82, 2.24) is 0 Å². The molecular formula is C63H41NO2S. The second-order valence-electron chi connectivity index (χ2n) is 18.4. The Hall–Kier alpha value is -8.18. The van der Waals surface area contributed by atoms with E-state index in [4.69, 9.17) is 8.83 Å². The molecule has 3 heterocycles. The number of hydrogen-bond acceptors (Lipinski definition) is 4. The Morgan fingerprint density at radius 1 is 0.388 bits per heavy atom. The van der Waals surface area contributed by atoms with Crippen LogP contribution in [0.15, 0.2) is 221 Å². The van der Waals surface area contributed by atoms with Crippen LogP contribution < -0.4 is 4.90 Å². The molecule has 67 heavy (non-hydrogen) atoms. The Balaban J connectivity index is 0.979. The number of furan rings is 2. The van der Waals surface area contributed by atoms with E-state index >= 15 is 0 Å². The van der Waals surface area contributed by atoms with E-state index in [0.717, 1.165) is 77.6 Å². The summed E-state index contributed by atoms with van der Waals surface area (Å²) in [6.07, 6.45) is 0. The summed E-state index contributed by atoms with van der Waals surface area (Å²) in [5.41, 5.74) is 18.8. The molecular weight excluding hydrogens is 835 g/mol. The quantitative estimate of drug-likeness (QED) is 0.167. The van der Waals surface area contributed by atoms with Gasteiger partial charge in [-0.25, -0.2) is 0 Å². The second-order valence-corrected chi connectivity index (χ2v) is 19.4. The molecule has 10 aromatic carbocycles. The Morgan fingerprint density at radius 3 is 1.81 bits per heavy atom. The zero-order valence-corrected chi connectivity index (χ0v) is 37.7. The highest BCUT2D eigenvalue weighted by atomic mass is 32.1. The average molecular weight is 876 g/mol. The summed E-state index contributed by atoms with van der Waals surface area (Å²) < 4.78 is 16.1. The van der Waals surface area contributed by atoms with Gasteiger partial charge in [0.05, 0.1) is 0 Å². The van der Waals surface area contributed by atoms with E-state index in [-0.39, 0.29) is 5.41 Å². The van der Waals surface area contributed by atoms with Crippen LogP contribution in [-0.2, 0) is 5.41 Å². The topological polar surface area (TPSA) is 29.5 Å². The van der Waals surface area contributed by atoms with Gasteiger partial charge in [0.25, 0.3) is 0 Å². The summed E-state index contributed by atoms with van der Waals surface area (Å²) in [4.78, 5) is 2.40. The summed E-state index contributed by atoms with van der Waals surface area (Å²) in [7, 11) is 0. The minimum absolute atomic E-state index is 0.137. The minimum atomic E-state index is -0.137. The molecule has 1 aliphatic rings. The van der Waals surface area contributed by atoms with Crippen molar-refractivity contribution >= 4 is 92.4 Å². The molecule has 1 aliphatic carbocycles. The van der Waals surface area contributed by atoms with Crippen LogP contribution in [-0.4, -0.2) is 0 Å². The molecule has 3 aromatic heterocycles. The van der Waals surface area contributed by atoms with Gasteiger partial charge in [0.2, 0.25) is 0 Å². The highest BCUT2D eigenvalue weighted by Gasteiger charge is 2.36. The molecule has 0 fully saturated rings. The highest BCUT2D eigenvalue weighted by Crippen LogP contribution is 2.52. The number of benzene rings is 10. The largest absolute Gasteiger partial charge is 0.456 e. The van der Waals surface area contributed by atoms with Gasteiger partial charge in [-0.1, -0.05) is 159 Å². The fraction of sp³-hybridized carbons (Fsp3) is 0.0476. The van der Waals surface area contributed by atoms with Gasteiger partial charge in [0, 0.05) is 75.3 Å². The monoisotopic (exact) mass is 875 g/mol. The van der Waals surface area contributed by atoms with E-state index in [1.807, 2.05) is 29.5 Å². The normalized spacial score (nSPS) is 13.0. The number of rotatable bonds is 6. The van der Waals surface area contributed by atoms with E-state index in [2.05, 4.69) is 213 Å². The number of para-hydroxylation sites is 1. The first kappa shape index (κ1) is 38.1. The highest BCUT2D eigenvalue weighted by molar-refractivity contribution is 7.26. The Morgan fingerprint density at radius 2 is 0.985 bits per heavy atom. The molecule has 0 atom stereocenters. The van der Waals surface area contributed by atoms with Gasteiger partial charge in [-0.2, -0.15) is 0 Å². The van der Waals surface area contributed by atoms with Crippen molar-refractivity contribution in [1.29, 1.82) is 0 Å². The lowest BCUT2D eigenvalue weighted by atomic mass is 9.82. The molecule has 0 unspecified atom stereocenters. The zero-order valence-electron chi connectivity index (χ0n) is 36.9. The third-order valence-electron chi connectivity index (χ3n) is 14.3. The predicted molar refractivity (Wildman–Crippen MR) is 282 cm³/mol. The van der Waals surface area contributed by atoms with E-state index in [9.17, 15) is 0 Å². The van der Waals surface area contributed by atoms with Crippen LogP contribution in [0.2, 0.25) is 0 Å². The summed E-state index contributed by atoms with van der Waals surface area (Å²) in [5.74, 6) is 0. The van der Waals surface area contributed by atoms with Gasteiger partial charge in [0.15, 0.2) is 0 Å². The average Bonchev–Trinajstić information content (AvgIpc) is 4.12. The van der Waals surface area contributed by atoms with Crippen LogP contribution in [0.4, 0.5) is 17.1 Å². The third-order valence-corrected chi connectivity index (χ3v) is 15.5. The molecule has 316 valence electrons. The first-order valence-corrected chi connectivity index (χ1v) is 23.8. The number of fused-ring (bicyclic) bond motifs is 13. The van der Waals surface area contributed by atoms with Gasteiger partial charge >= 0.3 is 0 Å². The van der Waals surface area contributed by atoms with E-state index in [1.54, 1.807) is 0 Å². The van der Waals surface area contributed by atoms with Crippen molar-refractivity contribution < 1.29 is 8.83 Å². The molecule has 0 amide bonds. The van der Waals surface area contributed by atoms with Crippen molar-refractivity contribution in [3.8, 4) is 44.5 Å². The van der Waals surface area contributed by atoms with Crippen molar-refractivity contribution in [2.24, 2.45) is 0 Å². The first-order chi connectivity index (χ1) is 33.0. The Kier molecular flexibility index (Phi) is 8.20. The van der Waals surface area contributed by atoms with Crippen molar-refractivity contribution in [2.45, 2.75) is 19.3 Å². The number of thiophene rings is 1. The van der Waals surface area contributed by atoms with E-state index in [1.165, 1.54) is 59.1 Å². The maximum absolute atomic E-state index is 7.10. The lowest BCUT2D eigenvalue weighted by molar-refractivity contribution is 0.660. The molecule has 0 bridgehead atoms. The lowest BCUT2D eigenvalue weighted by Gasteiger charge is -2.28. The molecule has 13 aromatic rings. The summed E-state index contributed by atoms with van der Waals surface area (Å²) >= 11 is 1.86. The lowest BCUT2D eigenvalue weighted by Crippen LogP contribution is -2.16. The number of hydrogen-bond donors (Lipinski definition) is 0. The molecule has 0 saturated carbocycles. The van der Waals surface area contributed by atoms with Crippen LogP contribution in [0, 0.1) is 0 Å². The molecule has 0 aliphatic heterocycles. The van der Waals surface area contributed by atoms with Crippen molar-refractivity contribution in [2.75, 3.05) is 4.90 Å². The van der Waals surface area contributed by atoms with Gasteiger partial charge in [-0.3, -0.25) is 0 Å². The maximum atomic E-state index is 7.10. The van der Waals surface area contributed by atoms with Gasteiger partial charge in [-0.05, 0) is 111 Å². The van der Waals surface area contributed by atoms with Crippen LogP contribution >= 0.6 is 11.3 Å².